The number of nitrogens with zero attached hydrogens (tertiary/aromatic N) is 3. The van der Waals surface area contributed by atoms with Crippen molar-refractivity contribution in [2.45, 2.75) is 96.1 Å². The zero-order valence-electron chi connectivity index (χ0n) is 30.8. The van der Waals surface area contributed by atoms with E-state index in [9.17, 15) is 19.5 Å². The summed E-state index contributed by atoms with van der Waals surface area (Å²) in [5, 5.41) is 15.4. The summed E-state index contributed by atoms with van der Waals surface area (Å²) in [5.74, 6) is -0.0932. The molecule has 0 unspecified atom stereocenters. The van der Waals surface area contributed by atoms with Gasteiger partial charge in [-0.25, -0.2) is 19.7 Å². The summed E-state index contributed by atoms with van der Waals surface area (Å²) < 4.78 is 0. The highest BCUT2D eigenvalue weighted by molar-refractivity contribution is 7.14. The van der Waals surface area contributed by atoms with E-state index in [1.807, 2.05) is 42.7 Å². The lowest BCUT2D eigenvalue weighted by molar-refractivity contribution is -0.142. The van der Waals surface area contributed by atoms with Crippen LogP contribution in [0.1, 0.15) is 97.1 Å². The van der Waals surface area contributed by atoms with E-state index in [2.05, 4.69) is 82.5 Å². The van der Waals surface area contributed by atoms with E-state index < -0.39 is 29.9 Å². The van der Waals surface area contributed by atoms with Crippen LogP contribution in [0.2, 0.25) is 0 Å². The van der Waals surface area contributed by atoms with Gasteiger partial charge in [0.25, 0.3) is 5.91 Å². The summed E-state index contributed by atoms with van der Waals surface area (Å²) >= 11 is 1.37. The average Bonchev–Trinajstić information content (AvgIpc) is 3.88. The Morgan fingerprint density at radius 2 is 1.51 bits per heavy atom. The lowest BCUT2D eigenvalue weighted by Crippen LogP contribution is -2.53. The molecule has 4 N–H and O–H groups in total. The molecule has 5 aromatic rings. The van der Waals surface area contributed by atoms with Crippen molar-refractivity contribution in [2.24, 2.45) is 5.92 Å². The van der Waals surface area contributed by atoms with Gasteiger partial charge in [-0.05, 0) is 71.8 Å². The maximum Gasteiger partial charge on any atom is 0.326 e. The fourth-order valence-corrected chi connectivity index (χ4v) is 7.86. The first-order valence-corrected chi connectivity index (χ1v) is 19.2. The molecule has 2 amide bonds. The van der Waals surface area contributed by atoms with Gasteiger partial charge in [0.1, 0.15) is 12.1 Å². The van der Waals surface area contributed by atoms with Crippen LogP contribution in [0.15, 0.2) is 85.6 Å². The van der Waals surface area contributed by atoms with E-state index >= 15 is 0 Å². The number of amides is 2. The Labute approximate surface area is 314 Å². The molecule has 1 aliphatic carbocycles. The van der Waals surface area contributed by atoms with Crippen LogP contribution in [-0.4, -0.2) is 54.9 Å². The van der Waals surface area contributed by atoms with Gasteiger partial charge in [0.05, 0.1) is 11.2 Å². The van der Waals surface area contributed by atoms with Gasteiger partial charge in [-0.2, -0.15) is 0 Å². The number of rotatable bonds is 13. The minimum Gasteiger partial charge on any atom is -0.480 e. The van der Waals surface area contributed by atoms with Gasteiger partial charge in [-0.15, -0.1) is 11.3 Å². The normalized spacial score (nSPS) is 17.1. The highest BCUT2D eigenvalue weighted by atomic mass is 32.1. The number of imidazole rings is 1. The number of H-pyrrole nitrogens is 1. The number of carbonyl (C=O) groups excluding carboxylic acids is 2. The van der Waals surface area contributed by atoms with E-state index in [1.165, 1.54) is 61.5 Å². The molecule has 10 nitrogen and oxygen atoms in total. The molecule has 3 aromatic heterocycles. The Hall–Kier alpha value is -5.16. The van der Waals surface area contributed by atoms with Crippen LogP contribution in [-0.2, 0) is 27.8 Å². The molecular formula is C42H48N6O4S. The Kier molecular flexibility index (Phi) is 11.8. The molecule has 0 radical (unpaired) electrons. The maximum atomic E-state index is 13.7. The number of carbonyl (C=O) groups is 3. The molecule has 6 rings (SSSR count). The molecule has 0 spiro atoms. The molecule has 2 atom stereocenters. The number of carboxylic acids is 1. The summed E-state index contributed by atoms with van der Waals surface area (Å²) in [4.78, 5) is 56.8. The highest BCUT2D eigenvalue weighted by Crippen LogP contribution is 2.37. The molecule has 3 heterocycles. The average molecular weight is 733 g/mol. The zero-order chi connectivity index (χ0) is 37.5. The van der Waals surface area contributed by atoms with Crippen LogP contribution in [0.25, 0.3) is 22.5 Å². The lowest BCUT2D eigenvalue weighted by atomic mass is 9.78. The van der Waals surface area contributed by atoms with Gasteiger partial charge >= 0.3 is 5.97 Å². The Morgan fingerprint density at radius 1 is 0.830 bits per heavy atom. The number of aliphatic carboxylic acids is 1. The minimum atomic E-state index is -1.22. The van der Waals surface area contributed by atoms with Crippen LogP contribution in [0.5, 0.6) is 0 Å². The summed E-state index contributed by atoms with van der Waals surface area (Å²) in [7, 11) is 0. The van der Waals surface area contributed by atoms with E-state index in [0.717, 1.165) is 33.0 Å². The predicted molar refractivity (Wildman–Crippen MR) is 208 cm³/mol. The van der Waals surface area contributed by atoms with Gasteiger partial charge < -0.3 is 20.7 Å². The first-order chi connectivity index (χ1) is 25.5. The van der Waals surface area contributed by atoms with Crippen molar-refractivity contribution in [3.63, 3.8) is 0 Å². The summed E-state index contributed by atoms with van der Waals surface area (Å²) in [6.07, 6.45) is 13.3. The van der Waals surface area contributed by atoms with Crippen LogP contribution in [0, 0.1) is 5.92 Å². The quantitative estimate of drug-likeness (QED) is 0.0968. The minimum absolute atomic E-state index is 0.0142. The molecule has 1 fully saturated rings. The van der Waals surface area contributed by atoms with Crippen molar-refractivity contribution in [2.75, 3.05) is 0 Å². The third-order valence-corrected chi connectivity index (χ3v) is 11.7. The number of nitrogens with one attached hydrogen (secondary N) is 3. The highest BCUT2D eigenvalue weighted by Gasteiger charge is 2.29. The zero-order valence-corrected chi connectivity index (χ0v) is 31.6. The smallest absolute Gasteiger partial charge is 0.326 e. The number of thiophene rings is 1. The van der Waals surface area contributed by atoms with Gasteiger partial charge in [-0.3, -0.25) is 9.59 Å². The van der Waals surface area contributed by atoms with Crippen LogP contribution in [0.4, 0.5) is 0 Å². The van der Waals surface area contributed by atoms with Gasteiger partial charge in [0, 0.05) is 53.1 Å². The topological polar surface area (TPSA) is 150 Å². The summed E-state index contributed by atoms with van der Waals surface area (Å²) in [6.45, 7) is 8.51. The number of benzene rings is 2. The Balaban J connectivity index is 1.14. The third-order valence-electron chi connectivity index (χ3n) is 10.2. The molecule has 276 valence electrons. The molecule has 1 aliphatic rings. The summed E-state index contributed by atoms with van der Waals surface area (Å²) in [5.41, 5.74) is 5.46. The van der Waals surface area contributed by atoms with E-state index in [-0.39, 0.29) is 18.3 Å². The van der Waals surface area contributed by atoms with Crippen molar-refractivity contribution in [1.29, 1.82) is 0 Å². The number of aromatic amines is 1. The van der Waals surface area contributed by atoms with Crippen molar-refractivity contribution < 1.29 is 19.5 Å². The van der Waals surface area contributed by atoms with E-state index in [4.69, 9.17) is 0 Å². The molecule has 0 aliphatic heterocycles. The Morgan fingerprint density at radius 3 is 2.09 bits per heavy atom. The van der Waals surface area contributed by atoms with Crippen LogP contribution >= 0.6 is 11.3 Å². The first kappa shape index (κ1) is 37.6. The molecule has 0 bridgehead atoms. The molecule has 1 saturated carbocycles. The van der Waals surface area contributed by atoms with Crippen molar-refractivity contribution in [1.82, 2.24) is 30.6 Å². The Bertz CT molecular complexity index is 1970. The summed E-state index contributed by atoms with van der Waals surface area (Å²) in [6, 6.07) is 17.8. The van der Waals surface area contributed by atoms with Crippen LogP contribution in [0.3, 0.4) is 0 Å². The molecular weight excluding hydrogens is 685 g/mol. The lowest BCUT2D eigenvalue weighted by Gasteiger charge is -2.28. The SMILES string of the molecule is CCC1CCC(c2ccc(-c3cnc(-c4ccc(C[C@H](NC(=O)c5ccc(C(C)(C)C)s5)C(=O)N[C@H](Cc5cnc[nH]5)C(=O)O)cc4)nc3)cc2)CC1. The van der Waals surface area contributed by atoms with Gasteiger partial charge in [0.15, 0.2) is 5.82 Å². The number of aromatic nitrogens is 4. The van der Waals surface area contributed by atoms with Gasteiger partial charge in [-0.1, -0.05) is 82.6 Å². The van der Waals surface area contributed by atoms with Gasteiger partial charge in [0.2, 0.25) is 5.91 Å². The van der Waals surface area contributed by atoms with Crippen molar-refractivity contribution >= 4 is 29.1 Å². The maximum absolute atomic E-state index is 13.7. The van der Waals surface area contributed by atoms with E-state index in [0.29, 0.717) is 22.3 Å². The number of hydrogen-bond donors (Lipinski definition) is 4. The fourth-order valence-electron chi connectivity index (χ4n) is 6.89. The predicted octanol–water partition coefficient (Wildman–Crippen LogP) is 7.73. The second-order valence-electron chi connectivity index (χ2n) is 15.1. The molecule has 0 saturated heterocycles. The standard InChI is InChI=1S/C42H48N6O4S/c1-5-26-6-10-28(11-7-26)29-14-16-30(17-15-29)32-22-44-38(45-23-32)31-12-8-27(9-13-31)20-34(47-40(50)36-18-19-37(53-36)42(2,3)4)39(49)48-35(41(51)52)21-33-24-43-25-46-33/h8-9,12-19,22-26,28,34-35H,5-7,10-11,20-21H2,1-4H3,(H,43,46)(H,47,50)(H,48,49)(H,51,52)/t26?,28?,34-,35+/m0/s1. The second kappa shape index (κ2) is 16.7. The van der Waals surface area contributed by atoms with Crippen molar-refractivity contribution in [3.8, 4) is 22.5 Å². The van der Waals surface area contributed by atoms with Crippen molar-refractivity contribution in [3.05, 3.63) is 112 Å². The van der Waals surface area contributed by atoms with E-state index in [1.54, 1.807) is 6.07 Å². The number of hydrogen-bond acceptors (Lipinski definition) is 7. The van der Waals surface area contributed by atoms with Crippen LogP contribution < -0.4 is 10.6 Å². The first-order valence-electron chi connectivity index (χ1n) is 18.4. The molecule has 2 aromatic carbocycles. The largest absolute Gasteiger partial charge is 0.480 e. The number of carboxylic acid groups (broad SMARTS) is 1. The second-order valence-corrected chi connectivity index (χ2v) is 16.1. The molecule has 53 heavy (non-hydrogen) atoms. The third kappa shape index (κ3) is 9.64. The molecule has 11 heteroatoms. The fraction of sp³-hybridized carbons (Fsp3) is 0.381. The monoisotopic (exact) mass is 732 g/mol.